The Morgan fingerprint density at radius 3 is 2.94 bits per heavy atom. The van der Waals surface area contributed by atoms with Crippen molar-refractivity contribution in [3.63, 3.8) is 0 Å². The van der Waals surface area contributed by atoms with E-state index in [9.17, 15) is 13.6 Å². The molecule has 0 aromatic heterocycles. The van der Waals surface area contributed by atoms with E-state index in [2.05, 4.69) is 5.32 Å². The van der Waals surface area contributed by atoms with Gasteiger partial charge in [-0.3, -0.25) is 4.79 Å². The summed E-state index contributed by atoms with van der Waals surface area (Å²) < 4.78 is 36.7. The predicted molar refractivity (Wildman–Crippen MR) is 59.3 cm³/mol. The molecule has 4 nitrogen and oxygen atoms in total. The van der Waals surface area contributed by atoms with E-state index < -0.39 is 17.5 Å². The van der Waals surface area contributed by atoms with Gasteiger partial charge in [-0.25, -0.2) is 8.78 Å². The number of hydrogen-bond donors (Lipinski definition) is 1. The Morgan fingerprint density at radius 1 is 1.39 bits per heavy atom. The average molecular weight is 257 g/mol. The SMILES string of the molecule is O=C(NCC1COCCO1)c1cccc(F)c1F. The molecule has 2 rings (SSSR count). The minimum atomic E-state index is -1.14. The first-order chi connectivity index (χ1) is 8.68. The van der Waals surface area contributed by atoms with Crippen molar-refractivity contribution in [2.75, 3.05) is 26.4 Å². The molecule has 1 unspecified atom stereocenters. The number of halogens is 2. The maximum atomic E-state index is 13.3. The lowest BCUT2D eigenvalue weighted by atomic mass is 10.2. The maximum Gasteiger partial charge on any atom is 0.254 e. The van der Waals surface area contributed by atoms with Crippen LogP contribution < -0.4 is 5.32 Å². The second kappa shape index (κ2) is 5.88. The van der Waals surface area contributed by atoms with Crippen molar-refractivity contribution in [3.8, 4) is 0 Å². The Hall–Kier alpha value is -1.53. The smallest absolute Gasteiger partial charge is 0.254 e. The summed E-state index contributed by atoms with van der Waals surface area (Å²) in [4.78, 5) is 11.6. The van der Waals surface area contributed by atoms with E-state index in [4.69, 9.17) is 9.47 Å². The van der Waals surface area contributed by atoms with Crippen LogP contribution in [0.25, 0.3) is 0 Å². The molecule has 0 bridgehead atoms. The molecule has 1 saturated heterocycles. The molecule has 1 aromatic carbocycles. The van der Waals surface area contributed by atoms with Crippen molar-refractivity contribution in [2.24, 2.45) is 0 Å². The van der Waals surface area contributed by atoms with Gasteiger partial charge in [-0.05, 0) is 12.1 Å². The number of carbonyl (C=O) groups excluding carboxylic acids is 1. The summed E-state index contributed by atoms with van der Waals surface area (Å²) in [5.74, 6) is -2.85. The van der Waals surface area contributed by atoms with Gasteiger partial charge in [0.15, 0.2) is 11.6 Å². The number of carbonyl (C=O) groups is 1. The standard InChI is InChI=1S/C12H13F2NO3/c13-10-3-1-2-9(11(10)14)12(16)15-6-8-7-17-4-5-18-8/h1-3,8H,4-7H2,(H,15,16). The molecule has 6 heteroatoms. The van der Waals surface area contributed by atoms with Gasteiger partial charge >= 0.3 is 0 Å². The molecule has 1 aromatic rings. The van der Waals surface area contributed by atoms with E-state index >= 15 is 0 Å². The normalized spacial score (nSPS) is 19.6. The van der Waals surface area contributed by atoms with Gasteiger partial charge < -0.3 is 14.8 Å². The molecule has 1 N–H and O–H groups in total. The van der Waals surface area contributed by atoms with Crippen LogP contribution in [0.2, 0.25) is 0 Å². The fraction of sp³-hybridized carbons (Fsp3) is 0.417. The topological polar surface area (TPSA) is 47.6 Å². The largest absolute Gasteiger partial charge is 0.376 e. The highest BCUT2D eigenvalue weighted by Gasteiger charge is 2.18. The molecule has 98 valence electrons. The first-order valence-corrected chi connectivity index (χ1v) is 5.60. The van der Waals surface area contributed by atoms with Crippen molar-refractivity contribution in [3.05, 3.63) is 35.4 Å². The van der Waals surface area contributed by atoms with Crippen LogP contribution in [-0.4, -0.2) is 38.4 Å². The van der Waals surface area contributed by atoms with Crippen LogP contribution in [0, 0.1) is 11.6 Å². The van der Waals surface area contributed by atoms with E-state index in [0.717, 1.165) is 6.07 Å². The Bertz CT molecular complexity index is 433. The lowest BCUT2D eigenvalue weighted by Crippen LogP contribution is -2.40. The highest BCUT2D eigenvalue weighted by molar-refractivity contribution is 5.94. The lowest BCUT2D eigenvalue weighted by molar-refractivity contribution is -0.0855. The highest BCUT2D eigenvalue weighted by Crippen LogP contribution is 2.11. The molecule has 18 heavy (non-hydrogen) atoms. The Balaban J connectivity index is 1.93. The van der Waals surface area contributed by atoms with Gasteiger partial charge in [0.1, 0.15) is 0 Å². The van der Waals surface area contributed by atoms with Crippen molar-refractivity contribution < 1.29 is 23.0 Å². The van der Waals surface area contributed by atoms with E-state index in [1.807, 2.05) is 0 Å². The molecule has 1 heterocycles. The number of ether oxygens (including phenoxy) is 2. The zero-order chi connectivity index (χ0) is 13.0. The summed E-state index contributed by atoms with van der Waals surface area (Å²) >= 11 is 0. The first kappa shape index (κ1) is 12.9. The van der Waals surface area contributed by atoms with Gasteiger partial charge in [-0.1, -0.05) is 6.07 Å². The predicted octanol–water partition coefficient (Wildman–Crippen LogP) is 1.11. The second-order valence-electron chi connectivity index (χ2n) is 3.88. The fourth-order valence-electron chi connectivity index (χ4n) is 1.64. The Labute approximate surface area is 103 Å². The van der Waals surface area contributed by atoms with Crippen LogP contribution >= 0.6 is 0 Å². The minimum absolute atomic E-state index is 0.203. The van der Waals surface area contributed by atoms with E-state index in [-0.39, 0.29) is 18.2 Å². The maximum absolute atomic E-state index is 13.3. The molecule has 1 fully saturated rings. The van der Waals surface area contributed by atoms with Gasteiger partial charge in [0, 0.05) is 6.54 Å². The highest BCUT2D eigenvalue weighted by atomic mass is 19.2. The Morgan fingerprint density at radius 2 is 2.22 bits per heavy atom. The average Bonchev–Trinajstić information content (AvgIpc) is 2.40. The Kier molecular flexibility index (Phi) is 4.22. The van der Waals surface area contributed by atoms with Crippen molar-refractivity contribution in [2.45, 2.75) is 6.10 Å². The number of nitrogens with one attached hydrogen (secondary N) is 1. The third kappa shape index (κ3) is 3.02. The summed E-state index contributed by atoms with van der Waals surface area (Å²) in [6, 6.07) is 3.48. The molecule has 1 aliphatic rings. The third-order valence-electron chi connectivity index (χ3n) is 2.57. The number of rotatable bonds is 3. The zero-order valence-electron chi connectivity index (χ0n) is 9.62. The molecular formula is C12H13F2NO3. The van der Waals surface area contributed by atoms with Gasteiger partial charge in [0.05, 0.1) is 31.5 Å². The summed E-state index contributed by atoms with van der Waals surface area (Å²) in [5.41, 5.74) is -0.313. The van der Waals surface area contributed by atoms with Crippen molar-refractivity contribution in [1.29, 1.82) is 0 Å². The van der Waals surface area contributed by atoms with Crippen LogP contribution in [-0.2, 0) is 9.47 Å². The van der Waals surface area contributed by atoms with Crippen LogP contribution in [0.15, 0.2) is 18.2 Å². The van der Waals surface area contributed by atoms with E-state index in [1.165, 1.54) is 12.1 Å². The van der Waals surface area contributed by atoms with E-state index in [0.29, 0.717) is 19.8 Å². The van der Waals surface area contributed by atoms with Crippen molar-refractivity contribution >= 4 is 5.91 Å². The van der Waals surface area contributed by atoms with Crippen LogP contribution in [0.3, 0.4) is 0 Å². The van der Waals surface area contributed by atoms with Gasteiger partial charge in [-0.2, -0.15) is 0 Å². The quantitative estimate of drug-likeness (QED) is 0.882. The monoisotopic (exact) mass is 257 g/mol. The van der Waals surface area contributed by atoms with E-state index in [1.54, 1.807) is 0 Å². The number of hydrogen-bond acceptors (Lipinski definition) is 3. The lowest BCUT2D eigenvalue weighted by Gasteiger charge is -2.23. The van der Waals surface area contributed by atoms with Crippen LogP contribution in [0.5, 0.6) is 0 Å². The summed E-state index contributed by atoms with van der Waals surface area (Å²) in [7, 11) is 0. The first-order valence-electron chi connectivity index (χ1n) is 5.60. The molecule has 1 aliphatic heterocycles. The molecule has 1 amide bonds. The van der Waals surface area contributed by atoms with Gasteiger partial charge in [0.25, 0.3) is 5.91 Å². The summed E-state index contributed by atoms with van der Waals surface area (Å²) in [6.45, 7) is 1.58. The molecule has 0 radical (unpaired) electrons. The third-order valence-corrected chi connectivity index (χ3v) is 2.57. The number of benzene rings is 1. The molecule has 1 atom stereocenters. The number of amides is 1. The fourth-order valence-corrected chi connectivity index (χ4v) is 1.64. The molecule has 0 spiro atoms. The van der Waals surface area contributed by atoms with Gasteiger partial charge in [-0.15, -0.1) is 0 Å². The van der Waals surface area contributed by atoms with Crippen LogP contribution in [0.1, 0.15) is 10.4 Å². The minimum Gasteiger partial charge on any atom is -0.376 e. The van der Waals surface area contributed by atoms with Gasteiger partial charge in [0.2, 0.25) is 0 Å². The molecular weight excluding hydrogens is 244 g/mol. The second-order valence-corrected chi connectivity index (χ2v) is 3.88. The van der Waals surface area contributed by atoms with Crippen molar-refractivity contribution in [1.82, 2.24) is 5.32 Å². The molecule has 0 aliphatic carbocycles. The summed E-state index contributed by atoms with van der Waals surface area (Å²) in [5, 5.41) is 2.49. The molecule has 0 saturated carbocycles. The zero-order valence-corrected chi connectivity index (χ0v) is 9.62. The summed E-state index contributed by atoms with van der Waals surface area (Å²) in [6.07, 6.45) is -0.251. The van der Waals surface area contributed by atoms with Crippen LogP contribution in [0.4, 0.5) is 8.78 Å².